The molecule has 110 valence electrons. The smallest absolute Gasteiger partial charge is 0.140 e. The van der Waals surface area contributed by atoms with E-state index in [4.69, 9.17) is 10.6 Å². The van der Waals surface area contributed by atoms with E-state index in [0.717, 1.165) is 0 Å². The van der Waals surface area contributed by atoms with Gasteiger partial charge in [0.1, 0.15) is 7.60 Å². The van der Waals surface area contributed by atoms with Crippen molar-refractivity contribution in [2.24, 2.45) is 5.73 Å². The first kappa shape index (κ1) is 25.9. The quantitative estimate of drug-likeness (QED) is 0.302. The van der Waals surface area contributed by atoms with Gasteiger partial charge in [0.15, 0.2) is 0 Å². The molecule has 0 aromatic heterocycles. The van der Waals surface area contributed by atoms with Crippen molar-refractivity contribution in [1.82, 2.24) is 18.5 Å². The summed E-state index contributed by atoms with van der Waals surface area (Å²) in [5, 5.41) is -2.22. The van der Waals surface area contributed by atoms with Crippen molar-refractivity contribution in [3.63, 3.8) is 0 Å². The van der Waals surface area contributed by atoms with Crippen LogP contribution >= 0.6 is 15.2 Å². The zero-order valence-corrected chi connectivity index (χ0v) is 12.2. The molecule has 2 atom stereocenters. The summed E-state index contributed by atoms with van der Waals surface area (Å²) in [5.74, 6) is 0. The molecule has 0 aliphatic rings. The van der Waals surface area contributed by atoms with Gasteiger partial charge in [-0.3, -0.25) is 0 Å². The molecule has 0 aliphatic carbocycles. The summed E-state index contributed by atoms with van der Waals surface area (Å²) in [5.41, 5.74) is 5.10. The predicted octanol–water partition coefficient (Wildman–Crippen LogP) is -0.970. The van der Waals surface area contributed by atoms with E-state index in [1.165, 1.54) is 0 Å². The minimum Gasteiger partial charge on any atom is -0.810 e. The Morgan fingerprint density at radius 2 is 1.47 bits per heavy atom. The van der Waals surface area contributed by atoms with Crippen molar-refractivity contribution in [1.29, 1.82) is 0 Å². The molecule has 0 aromatic carbocycles. The van der Waals surface area contributed by atoms with E-state index in [2.05, 4.69) is 0 Å². The van der Waals surface area contributed by atoms with E-state index in [1.54, 1.807) is 0 Å². The lowest BCUT2D eigenvalue weighted by molar-refractivity contribution is -0.316. The Balaban J connectivity index is -0.000000282. The molecule has 0 radical (unpaired) electrons. The maximum Gasteiger partial charge on any atom is 0.140 e. The molecule has 0 heterocycles. The van der Waals surface area contributed by atoms with E-state index < -0.39 is 27.0 Å². The maximum absolute atomic E-state index is 10.6. The molecular weight excluding hydrogens is 274 g/mol. The molecule has 0 rings (SSSR count). The zero-order chi connectivity index (χ0) is 11.4. The molecule has 15 N–H and O–H groups in total. The average molecular weight is 298 g/mol. The molecule has 0 aliphatic heterocycles. The van der Waals surface area contributed by atoms with E-state index in [0.29, 0.717) is 6.42 Å². The lowest BCUT2D eigenvalue weighted by Crippen LogP contribution is -2.29. The fourth-order valence-corrected chi connectivity index (χ4v) is 3.41. The van der Waals surface area contributed by atoms with Gasteiger partial charge >= 0.3 is 0 Å². The van der Waals surface area contributed by atoms with E-state index >= 15 is 0 Å². The summed E-state index contributed by atoms with van der Waals surface area (Å²) < 4.78 is 21.0. The molecule has 0 amide bonds. The molecule has 0 saturated heterocycles. The summed E-state index contributed by atoms with van der Waals surface area (Å²) in [6.45, 7) is 0.267. The van der Waals surface area contributed by atoms with Crippen molar-refractivity contribution < 1.29 is 28.7 Å². The van der Waals surface area contributed by atoms with Crippen LogP contribution < -0.4 is 38.9 Å². The maximum atomic E-state index is 10.6. The minimum absolute atomic E-state index is 0. The second-order valence-corrected chi connectivity index (χ2v) is 6.73. The third-order valence-electron chi connectivity index (χ3n) is 1.66. The van der Waals surface area contributed by atoms with Crippen molar-refractivity contribution in [3.8, 4) is 0 Å². The van der Waals surface area contributed by atoms with Crippen LogP contribution in [-0.4, -0.2) is 16.8 Å². The van der Waals surface area contributed by atoms with Gasteiger partial charge in [-0.2, -0.15) is 0 Å². The average Bonchev–Trinajstić information content (AvgIpc) is 1.92. The molecule has 17 heavy (non-hydrogen) atoms. The van der Waals surface area contributed by atoms with Crippen molar-refractivity contribution in [3.05, 3.63) is 0 Å². The van der Waals surface area contributed by atoms with Crippen LogP contribution in [0.5, 0.6) is 0 Å². The number of hydrogen-bond acceptors (Lipinski definition) is 6. The van der Waals surface area contributed by atoms with Crippen LogP contribution in [0.4, 0.5) is 0 Å². The van der Waals surface area contributed by atoms with Crippen LogP contribution in [0.1, 0.15) is 19.3 Å². The van der Waals surface area contributed by atoms with E-state index in [9.17, 15) is 23.8 Å². The molecule has 2 unspecified atom stereocenters. The highest BCUT2D eigenvalue weighted by molar-refractivity contribution is 7.68. The molecule has 0 saturated carbocycles. The van der Waals surface area contributed by atoms with Gasteiger partial charge in [0.05, 0.1) is 5.40 Å². The Morgan fingerprint density at radius 3 is 1.71 bits per heavy atom. The van der Waals surface area contributed by atoms with Crippen LogP contribution in [0.15, 0.2) is 0 Å². The highest BCUT2D eigenvalue weighted by Gasteiger charge is 2.22. The SMILES string of the molecule is NCCCCC(P(=O)([O-])[O-])P(=O)([O-])O.[NH4+].[NH4+].[NH4+]. The second-order valence-electron chi connectivity index (χ2n) is 2.87. The lowest BCUT2D eigenvalue weighted by atomic mass is 10.2. The molecule has 0 bridgehead atoms. The van der Waals surface area contributed by atoms with Crippen LogP contribution in [0.2, 0.25) is 0 Å². The third-order valence-corrected chi connectivity index (χ3v) is 5.38. The normalized spacial score (nSPS) is 15.6. The van der Waals surface area contributed by atoms with Crippen molar-refractivity contribution in [2.75, 3.05) is 6.54 Å². The Morgan fingerprint density at radius 1 is 1.06 bits per heavy atom. The fourth-order valence-electron chi connectivity index (χ4n) is 0.971. The summed E-state index contributed by atoms with van der Waals surface area (Å²) >= 11 is 0. The highest BCUT2D eigenvalue weighted by Crippen LogP contribution is 2.54. The Kier molecular flexibility index (Phi) is 15.4. The van der Waals surface area contributed by atoms with Gasteiger partial charge in [0.25, 0.3) is 0 Å². The standard InChI is InChI=1S/C5H15NO6P2.3H3N/c6-4-2-1-3-5(13(7,8)9)14(10,11)12;;;/h5H,1-4,6H2,(H2,7,8,9)(H2,10,11,12);3*1H3. The van der Waals surface area contributed by atoms with Crippen LogP contribution in [0, 0.1) is 0 Å². The summed E-state index contributed by atoms with van der Waals surface area (Å²) in [4.78, 5) is 40.0. The monoisotopic (exact) mass is 298 g/mol. The van der Waals surface area contributed by atoms with Gasteiger partial charge in [0, 0.05) is 0 Å². The van der Waals surface area contributed by atoms with Crippen molar-refractivity contribution in [2.45, 2.75) is 24.7 Å². The minimum atomic E-state index is -5.30. The topological polar surface area (TPSA) is 259 Å². The Bertz CT molecular complexity index is 243. The first-order valence-electron chi connectivity index (χ1n) is 3.95. The Labute approximate surface area is 100 Å². The first-order valence-corrected chi connectivity index (χ1v) is 7.20. The number of nitrogens with two attached hydrogens (primary N) is 1. The van der Waals surface area contributed by atoms with Gasteiger partial charge in [-0.05, 0) is 19.4 Å². The molecule has 0 fully saturated rings. The zero-order valence-electron chi connectivity index (χ0n) is 10.4. The molecule has 0 spiro atoms. The lowest BCUT2D eigenvalue weighted by Gasteiger charge is -2.42. The molecular formula is C5H24N4O6P2. The largest absolute Gasteiger partial charge is 0.810 e. The van der Waals surface area contributed by atoms with Gasteiger partial charge in [-0.1, -0.05) is 14.0 Å². The molecule has 10 nitrogen and oxygen atoms in total. The van der Waals surface area contributed by atoms with Gasteiger partial charge in [0.2, 0.25) is 0 Å². The first-order chi connectivity index (χ1) is 6.19. The van der Waals surface area contributed by atoms with Crippen LogP contribution in [0.25, 0.3) is 0 Å². The summed E-state index contributed by atoms with van der Waals surface area (Å²) in [6.07, 6.45) is 0.164. The van der Waals surface area contributed by atoms with E-state index in [1.807, 2.05) is 0 Å². The van der Waals surface area contributed by atoms with Crippen LogP contribution in [0.3, 0.4) is 0 Å². The third kappa shape index (κ3) is 11.0. The number of rotatable bonds is 6. The van der Waals surface area contributed by atoms with Gasteiger partial charge in [-0.25, -0.2) is 0 Å². The summed E-state index contributed by atoms with van der Waals surface area (Å²) in [7, 11) is -10.4. The number of quaternary nitrogens is 3. The fraction of sp³-hybridized carbons (Fsp3) is 1.00. The van der Waals surface area contributed by atoms with Gasteiger partial charge < -0.3 is 52.9 Å². The highest BCUT2D eigenvalue weighted by atomic mass is 31.2. The van der Waals surface area contributed by atoms with Crippen LogP contribution in [-0.2, 0) is 9.13 Å². The number of hydrogen-bond donors (Lipinski definition) is 5. The summed E-state index contributed by atoms with van der Waals surface area (Å²) in [6, 6.07) is 0. The van der Waals surface area contributed by atoms with Gasteiger partial charge in [-0.15, -0.1) is 0 Å². The second kappa shape index (κ2) is 10.1. The van der Waals surface area contributed by atoms with E-state index in [-0.39, 0.29) is 31.4 Å². The molecule has 12 heteroatoms. The number of unbranched alkanes of at least 4 members (excludes halogenated alkanes) is 1. The Hall–Kier alpha value is 0.140. The molecule has 0 aromatic rings. The van der Waals surface area contributed by atoms with Crippen molar-refractivity contribution >= 4 is 15.2 Å². The predicted molar refractivity (Wildman–Crippen MR) is 62.1 cm³/mol.